The standard InChI is InChI=1S/C14H17N3O8/c15-8-16-11-5(20)10-2(4(19)13(10,11)17-8)3-9(22,1-18)7-12(3,10)25-14(23,24-7)6(11)21/h2-7,18-23H,1H2,(H3,15,16,17)/t2-,3?,4?,5-,6-,7?,9?,10-,11-,12+,13-,14?/m0/s1. The molecule has 25 heavy (non-hydrogen) atoms. The van der Waals surface area contributed by atoms with Crippen LogP contribution in [0.15, 0.2) is 4.99 Å². The van der Waals surface area contributed by atoms with Gasteiger partial charge in [0.15, 0.2) is 12.1 Å². The molecular weight excluding hydrogens is 338 g/mol. The van der Waals surface area contributed by atoms with E-state index in [9.17, 15) is 30.6 Å². The van der Waals surface area contributed by atoms with E-state index in [-0.39, 0.29) is 5.96 Å². The van der Waals surface area contributed by atoms with Crippen LogP contribution < -0.4 is 11.1 Å². The van der Waals surface area contributed by atoms with E-state index in [0.29, 0.717) is 0 Å². The fourth-order valence-corrected chi connectivity index (χ4v) is 8.21. The van der Waals surface area contributed by atoms with Gasteiger partial charge in [-0.25, -0.2) is 4.99 Å². The Morgan fingerprint density at radius 2 is 1.92 bits per heavy atom. The largest absolute Gasteiger partial charge is 0.393 e. The van der Waals surface area contributed by atoms with Gasteiger partial charge in [-0.15, -0.1) is 0 Å². The summed E-state index contributed by atoms with van der Waals surface area (Å²) in [5.41, 5.74) is -1.49. The van der Waals surface area contributed by atoms with Crippen molar-refractivity contribution in [2.24, 2.45) is 28.0 Å². The smallest absolute Gasteiger partial charge is 0.311 e. The van der Waals surface area contributed by atoms with Crippen LogP contribution in [0.1, 0.15) is 0 Å². The van der Waals surface area contributed by atoms with Crippen LogP contribution in [0.5, 0.6) is 0 Å². The van der Waals surface area contributed by atoms with Crippen LogP contribution in [0.3, 0.4) is 0 Å². The van der Waals surface area contributed by atoms with E-state index < -0.39 is 76.5 Å². The molecule has 9 N–H and O–H groups in total. The Bertz CT molecular complexity index is 816. The van der Waals surface area contributed by atoms with E-state index >= 15 is 0 Å². The molecule has 3 saturated heterocycles. The van der Waals surface area contributed by atoms with Crippen molar-refractivity contribution < 1.29 is 40.1 Å². The summed E-state index contributed by atoms with van der Waals surface area (Å²) in [5, 5.41) is 67.1. The number of ether oxygens (including phenoxy) is 2. The molecule has 8 rings (SSSR count). The van der Waals surface area contributed by atoms with Crippen LogP contribution in [0.25, 0.3) is 0 Å². The van der Waals surface area contributed by atoms with Gasteiger partial charge in [-0.05, 0) is 0 Å². The minimum atomic E-state index is -2.53. The second kappa shape index (κ2) is 2.98. The minimum absolute atomic E-state index is 0.0643. The number of nitrogens with zero attached hydrogens (tertiary/aromatic N) is 1. The van der Waals surface area contributed by atoms with Crippen molar-refractivity contribution in [3.05, 3.63) is 0 Å². The minimum Gasteiger partial charge on any atom is -0.393 e. The molecule has 4 spiro atoms. The molecule has 0 aromatic heterocycles. The van der Waals surface area contributed by atoms with E-state index in [1.807, 2.05) is 0 Å². The van der Waals surface area contributed by atoms with E-state index in [4.69, 9.17) is 15.2 Å². The summed E-state index contributed by atoms with van der Waals surface area (Å²) < 4.78 is 11.3. The van der Waals surface area contributed by atoms with Crippen molar-refractivity contribution in [3.8, 4) is 0 Å². The van der Waals surface area contributed by atoms with E-state index in [0.717, 1.165) is 0 Å². The predicted octanol–water partition coefficient (Wildman–Crippen LogP) is -5.72. The molecule has 0 radical (unpaired) electrons. The third-order valence-corrected chi connectivity index (χ3v) is 8.53. The fourth-order valence-electron chi connectivity index (χ4n) is 8.21. The number of aliphatic hydroxyl groups is 6. The van der Waals surface area contributed by atoms with Crippen molar-refractivity contribution in [2.75, 3.05) is 6.61 Å². The predicted molar refractivity (Wildman–Crippen MR) is 73.3 cm³/mol. The SMILES string of the molecule is NC1=N[C@@]23C(O)[C@@H]4C5C(O)(CO)C6OC7(O)O[C@@]65[C@@]42[C@H](O)[C@]3(N1)[C@@H]7O. The molecule has 8 aliphatic rings. The average molecular weight is 355 g/mol. The van der Waals surface area contributed by atoms with Gasteiger partial charge < -0.3 is 51.2 Å². The lowest BCUT2D eigenvalue weighted by molar-refractivity contribution is -0.544. The van der Waals surface area contributed by atoms with E-state index in [2.05, 4.69) is 10.3 Å². The highest BCUT2D eigenvalue weighted by Crippen LogP contribution is 2.96. The van der Waals surface area contributed by atoms with Gasteiger partial charge in [0.2, 0.25) is 0 Å². The number of nitrogens with two attached hydrogens (primary N) is 1. The lowest BCUT2D eigenvalue weighted by atomic mass is 9.10. The molecule has 4 saturated carbocycles. The van der Waals surface area contributed by atoms with Crippen LogP contribution in [-0.4, -0.2) is 95.9 Å². The molecule has 0 amide bonds. The summed E-state index contributed by atoms with van der Waals surface area (Å²) >= 11 is 0. The summed E-state index contributed by atoms with van der Waals surface area (Å²) in [6.07, 6.45) is -5.39. The Hall–Kier alpha value is -1.05. The zero-order valence-corrected chi connectivity index (χ0v) is 12.7. The fraction of sp³-hybridized carbons (Fsp3) is 0.929. The maximum Gasteiger partial charge on any atom is 0.311 e. The summed E-state index contributed by atoms with van der Waals surface area (Å²) in [7, 11) is 0. The summed E-state index contributed by atoms with van der Waals surface area (Å²) in [6, 6.07) is 0. The first-order valence-electron chi connectivity index (χ1n) is 8.28. The Kier molecular flexibility index (Phi) is 1.67. The van der Waals surface area contributed by atoms with Crippen LogP contribution in [0.2, 0.25) is 0 Å². The number of fused-ring (bicyclic) bond motifs is 1. The van der Waals surface area contributed by atoms with Gasteiger partial charge in [-0.2, -0.15) is 0 Å². The van der Waals surface area contributed by atoms with Gasteiger partial charge in [0.25, 0.3) is 0 Å². The number of hydrogen-bond donors (Lipinski definition) is 8. The number of rotatable bonds is 1. The average Bonchev–Trinajstić information content (AvgIpc) is 3.02. The molecule has 11 nitrogen and oxygen atoms in total. The molecule has 4 heterocycles. The molecule has 0 aromatic rings. The zero-order valence-electron chi connectivity index (χ0n) is 12.7. The normalized spacial score (nSPS) is 77.9. The van der Waals surface area contributed by atoms with Gasteiger partial charge in [-0.3, -0.25) is 0 Å². The highest BCUT2D eigenvalue weighted by molar-refractivity contribution is 5.87. The quantitative estimate of drug-likeness (QED) is 0.225. The van der Waals surface area contributed by atoms with Crippen molar-refractivity contribution >= 4 is 5.96 Å². The zero-order chi connectivity index (χ0) is 17.6. The van der Waals surface area contributed by atoms with Crippen molar-refractivity contribution in [1.29, 1.82) is 0 Å². The third-order valence-electron chi connectivity index (χ3n) is 8.53. The monoisotopic (exact) mass is 355 g/mol. The Morgan fingerprint density at radius 3 is 2.60 bits per heavy atom. The van der Waals surface area contributed by atoms with Gasteiger partial charge in [-0.1, -0.05) is 0 Å². The topological polar surface area (TPSA) is 190 Å². The van der Waals surface area contributed by atoms with Crippen molar-refractivity contribution in [3.63, 3.8) is 0 Å². The first-order valence-corrected chi connectivity index (χ1v) is 8.28. The third kappa shape index (κ3) is 0.724. The maximum atomic E-state index is 11.1. The molecule has 12 atom stereocenters. The number of aliphatic hydroxyl groups excluding tert-OH is 4. The van der Waals surface area contributed by atoms with Gasteiger partial charge >= 0.3 is 5.97 Å². The molecule has 0 aromatic carbocycles. The van der Waals surface area contributed by atoms with Crippen molar-refractivity contribution in [2.45, 2.75) is 52.7 Å². The van der Waals surface area contributed by atoms with Gasteiger partial charge in [0, 0.05) is 11.8 Å². The molecule has 11 heteroatoms. The highest BCUT2D eigenvalue weighted by Gasteiger charge is 3.15. The Morgan fingerprint density at radius 1 is 1.20 bits per heavy atom. The van der Waals surface area contributed by atoms with E-state index in [1.54, 1.807) is 0 Å². The maximum absolute atomic E-state index is 11.1. The van der Waals surface area contributed by atoms with E-state index in [1.165, 1.54) is 0 Å². The number of nitrogens with one attached hydrogen (secondary N) is 1. The van der Waals surface area contributed by atoms with Crippen LogP contribution in [0, 0.1) is 17.3 Å². The Balaban J connectivity index is 1.57. The van der Waals surface area contributed by atoms with Crippen LogP contribution >= 0.6 is 0 Å². The molecule has 136 valence electrons. The summed E-state index contributed by atoms with van der Waals surface area (Å²) in [6.45, 7) is -0.670. The highest BCUT2D eigenvalue weighted by atomic mass is 16.9. The second-order valence-electron chi connectivity index (χ2n) is 8.55. The molecule has 5 unspecified atom stereocenters. The lowest BCUT2D eigenvalue weighted by Gasteiger charge is -2.95. The van der Waals surface area contributed by atoms with Crippen LogP contribution in [0.4, 0.5) is 0 Å². The van der Waals surface area contributed by atoms with Gasteiger partial charge in [0.05, 0.1) is 24.2 Å². The Labute approximate surface area is 139 Å². The molecular formula is C14H17N3O8. The first-order chi connectivity index (χ1) is 11.7. The number of aliphatic imine (C=N–C) groups is 1. The second-order valence-corrected chi connectivity index (χ2v) is 8.55. The molecule has 4 aliphatic heterocycles. The van der Waals surface area contributed by atoms with Crippen molar-refractivity contribution in [1.82, 2.24) is 5.32 Å². The summed E-state index contributed by atoms with van der Waals surface area (Å²) in [5.74, 6) is -3.99. The first kappa shape index (κ1) is 14.1. The van der Waals surface area contributed by atoms with Crippen LogP contribution in [-0.2, 0) is 9.47 Å². The lowest BCUT2D eigenvalue weighted by Crippen LogP contribution is -3.15. The molecule has 7 fully saturated rings. The number of hydrogen-bond acceptors (Lipinski definition) is 11. The molecule has 4 bridgehead atoms. The van der Waals surface area contributed by atoms with Gasteiger partial charge in [0.1, 0.15) is 28.4 Å². The molecule has 4 aliphatic carbocycles. The number of guanidine groups is 1. The summed E-state index contributed by atoms with van der Waals surface area (Å²) in [4.78, 5) is 4.34.